The van der Waals surface area contributed by atoms with Crippen molar-refractivity contribution >= 4 is 11.4 Å². The number of nitrogen functional groups attached to an aromatic ring is 1. The van der Waals surface area contributed by atoms with Gasteiger partial charge in [0, 0.05) is 18.4 Å². The molecule has 15 heavy (non-hydrogen) atoms. The second-order valence-electron chi connectivity index (χ2n) is 3.52. The van der Waals surface area contributed by atoms with Crippen molar-refractivity contribution in [3.05, 3.63) is 23.8 Å². The van der Waals surface area contributed by atoms with Crippen LogP contribution in [0.3, 0.4) is 0 Å². The number of halogens is 3. The van der Waals surface area contributed by atoms with Crippen LogP contribution in [0.1, 0.15) is 5.56 Å². The van der Waals surface area contributed by atoms with E-state index in [9.17, 15) is 13.2 Å². The van der Waals surface area contributed by atoms with Gasteiger partial charge in [-0.1, -0.05) is 6.07 Å². The fourth-order valence-electron chi connectivity index (χ4n) is 1.39. The molecule has 0 aliphatic heterocycles. The number of rotatable bonds is 2. The molecule has 84 valence electrons. The van der Waals surface area contributed by atoms with Crippen molar-refractivity contribution in [1.29, 1.82) is 0 Å². The van der Waals surface area contributed by atoms with Crippen molar-refractivity contribution in [2.45, 2.75) is 13.1 Å². The Hall–Kier alpha value is -1.39. The highest BCUT2D eigenvalue weighted by atomic mass is 19.4. The van der Waals surface area contributed by atoms with Gasteiger partial charge in [-0.25, -0.2) is 0 Å². The minimum atomic E-state index is -4.20. The van der Waals surface area contributed by atoms with Crippen LogP contribution < -0.4 is 10.6 Å². The third-order valence-corrected chi connectivity index (χ3v) is 2.06. The molecule has 0 atom stereocenters. The molecule has 0 aromatic heterocycles. The van der Waals surface area contributed by atoms with Crippen LogP contribution in [0.5, 0.6) is 0 Å². The Morgan fingerprint density at radius 1 is 1.33 bits per heavy atom. The minimum absolute atomic E-state index is 0.463. The summed E-state index contributed by atoms with van der Waals surface area (Å²) in [5, 5.41) is 0. The maximum absolute atomic E-state index is 12.2. The summed E-state index contributed by atoms with van der Waals surface area (Å²) >= 11 is 0. The summed E-state index contributed by atoms with van der Waals surface area (Å²) in [6.45, 7) is 0.777. The summed E-state index contributed by atoms with van der Waals surface area (Å²) in [7, 11) is 1.40. The Morgan fingerprint density at radius 3 is 2.47 bits per heavy atom. The van der Waals surface area contributed by atoms with E-state index in [1.54, 1.807) is 25.1 Å². The summed E-state index contributed by atoms with van der Waals surface area (Å²) in [5.74, 6) is 0. The van der Waals surface area contributed by atoms with Gasteiger partial charge in [0.05, 0.1) is 0 Å². The van der Waals surface area contributed by atoms with Crippen molar-refractivity contribution in [3.8, 4) is 0 Å². The van der Waals surface area contributed by atoms with Gasteiger partial charge in [-0.15, -0.1) is 0 Å². The zero-order valence-corrected chi connectivity index (χ0v) is 8.60. The molecule has 1 aromatic rings. The summed E-state index contributed by atoms with van der Waals surface area (Å²) in [6.07, 6.45) is -4.20. The Balaban J connectivity index is 2.90. The molecule has 2 N–H and O–H groups in total. The van der Waals surface area contributed by atoms with Crippen LogP contribution in [0.25, 0.3) is 0 Å². The summed E-state index contributed by atoms with van der Waals surface area (Å²) < 4.78 is 36.5. The first-order valence-corrected chi connectivity index (χ1v) is 4.43. The SMILES string of the molecule is Cc1ccc(N)cc1N(C)CC(F)(F)F. The monoisotopic (exact) mass is 218 g/mol. The largest absolute Gasteiger partial charge is 0.405 e. The third kappa shape index (κ3) is 3.34. The van der Waals surface area contributed by atoms with E-state index in [1.807, 2.05) is 0 Å². The molecule has 0 amide bonds. The van der Waals surface area contributed by atoms with E-state index in [0.29, 0.717) is 11.4 Å². The van der Waals surface area contributed by atoms with E-state index in [1.165, 1.54) is 7.05 Å². The van der Waals surface area contributed by atoms with Crippen molar-refractivity contribution in [2.75, 3.05) is 24.2 Å². The average molecular weight is 218 g/mol. The van der Waals surface area contributed by atoms with Crippen LogP contribution in [0.2, 0.25) is 0 Å². The molecule has 2 nitrogen and oxygen atoms in total. The summed E-state index contributed by atoms with van der Waals surface area (Å²) in [6, 6.07) is 4.92. The average Bonchev–Trinajstić information content (AvgIpc) is 2.06. The number of nitrogens with two attached hydrogens (primary N) is 1. The number of anilines is 2. The molecule has 0 unspecified atom stereocenters. The molecular weight excluding hydrogens is 205 g/mol. The maximum atomic E-state index is 12.2. The molecule has 0 bridgehead atoms. The first-order chi connectivity index (χ1) is 6.79. The topological polar surface area (TPSA) is 29.3 Å². The lowest BCUT2D eigenvalue weighted by molar-refractivity contribution is -0.119. The lowest BCUT2D eigenvalue weighted by Crippen LogP contribution is -2.31. The van der Waals surface area contributed by atoms with E-state index >= 15 is 0 Å². The highest BCUT2D eigenvalue weighted by molar-refractivity contribution is 5.60. The Kier molecular flexibility index (Phi) is 3.12. The molecule has 0 spiro atoms. The second kappa shape index (κ2) is 4.00. The molecule has 0 aliphatic rings. The van der Waals surface area contributed by atoms with Gasteiger partial charge >= 0.3 is 6.18 Å². The van der Waals surface area contributed by atoms with Crippen LogP contribution >= 0.6 is 0 Å². The van der Waals surface area contributed by atoms with Crippen LogP contribution in [0.15, 0.2) is 18.2 Å². The van der Waals surface area contributed by atoms with Crippen LogP contribution in [0.4, 0.5) is 24.5 Å². The quantitative estimate of drug-likeness (QED) is 0.773. The van der Waals surface area contributed by atoms with Gasteiger partial charge in [0.1, 0.15) is 6.54 Å². The molecular formula is C10H13F3N2. The van der Waals surface area contributed by atoms with Gasteiger partial charge in [-0.05, 0) is 24.6 Å². The first-order valence-electron chi connectivity index (χ1n) is 4.43. The molecule has 0 aliphatic carbocycles. The Bertz CT molecular complexity index is 347. The lowest BCUT2D eigenvalue weighted by atomic mass is 10.1. The van der Waals surface area contributed by atoms with Crippen LogP contribution in [-0.2, 0) is 0 Å². The van der Waals surface area contributed by atoms with Gasteiger partial charge in [-0.3, -0.25) is 0 Å². The zero-order chi connectivity index (χ0) is 11.6. The molecule has 1 aromatic carbocycles. The van der Waals surface area contributed by atoms with E-state index in [4.69, 9.17) is 5.73 Å². The molecule has 0 fully saturated rings. The second-order valence-corrected chi connectivity index (χ2v) is 3.52. The normalized spacial score (nSPS) is 11.5. The van der Waals surface area contributed by atoms with E-state index in [0.717, 1.165) is 10.5 Å². The Morgan fingerprint density at radius 2 is 1.93 bits per heavy atom. The number of alkyl halides is 3. The Labute approximate surface area is 86.5 Å². The predicted molar refractivity (Wildman–Crippen MR) is 54.9 cm³/mol. The number of hydrogen-bond acceptors (Lipinski definition) is 2. The summed E-state index contributed by atoms with van der Waals surface area (Å²) in [5.41, 5.74) is 7.26. The molecule has 0 heterocycles. The number of nitrogens with zero attached hydrogens (tertiary/aromatic N) is 1. The van der Waals surface area contributed by atoms with Gasteiger partial charge in [0.15, 0.2) is 0 Å². The van der Waals surface area contributed by atoms with E-state index < -0.39 is 12.7 Å². The predicted octanol–water partition coefficient (Wildman–Crippen LogP) is 2.58. The van der Waals surface area contributed by atoms with Gasteiger partial charge in [-0.2, -0.15) is 13.2 Å². The van der Waals surface area contributed by atoms with Crippen LogP contribution in [0, 0.1) is 6.92 Å². The standard InChI is InChI=1S/C10H13F3N2/c1-7-3-4-8(14)5-9(7)15(2)6-10(11,12)13/h3-5H,6,14H2,1-2H3. The van der Waals surface area contributed by atoms with Gasteiger partial charge in [0.25, 0.3) is 0 Å². The molecule has 1 rings (SSSR count). The fourth-order valence-corrected chi connectivity index (χ4v) is 1.39. The number of aryl methyl sites for hydroxylation is 1. The first kappa shape index (κ1) is 11.7. The fraction of sp³-hybridized carbons (Fsp3) is 0.400. The van der Waals surface area contributed by atoms with Crippen molar-refractivity contribution < 1.29 is 13.2 Å². The number of benzene rings is 1. The zero-order valence-electron chi connectivity index (χ0n) is 8.60. The minimum Gasteiger partial charge on any atom is -0.399 e. The van der Waals surface area contributed by atoms with E-state index in [-0.39, 0.29) is 0 Å². The summed E-state index contributed by atoms with van der Waals surface area (Å²) in [4.78, 5) is 1.14. The van der Waals surface area contributed by atoms with E-state index in [2.05, 4.69) is 0 Å². The number of hydrogen-bond donors (Lipinski definition) is 1. The van der Waals surface area contributed by atoms with Gasteiger partial charge < -0.3 is 10.6 Å². The van der Waals surface area contributed by atoms with Gasteiger partial charge in [0.2, 0.25) is 0 Å². The van der Waals surface area contributed by atoms with Crippen LogP contribution in [-0.4, -0.2) is 19.8 Å². The highest BCUT2D eigenvalue weighted by Crippen LogP contribution is 2.25. The van der Waals surface area contributed by atoms with Crippen molar-refractivity contribution in [2.24, 2.45) is 0 Å². The lowest BCUT2D eigenvalue weighted by Gasteiger charge is -2.23. The van der Waals surface area contributed by atoms with Crippen molar-refractivity contribution in [1.82, 2.24) is 0 Å². The highest BCUT2D eigenvalue weighted by Gasteiger charge is 2.29. The third-order valence-electron chi connectivity index (χ3n) is 2.06. The molecule has 0 radical (unpaired) electrons. The molecule has 0 saturated carbocycles. The van der Waals surface area contributed by atoms with Crippen molar-refractivity contribution in [3.63, 3.8) is 0 Å². The molecule has 0 saturated heterocycles. The molecule has 5 heteroatoms. The maximum Gasteiger partial charge on any atom is 0.405 e. The smallest absolute Gasteiger partial charge is 0.399 e.